The highest BCUT2D eigenvalue weighted by Gasteiger charge is 2.40. The lowest BCUT2D eigenvalue weighted by molar-refractivity contribution is -0.119. The molecule has 0 bridgehead atoms. The predicted molar refractivity (Wildman–Crippen MR) is 108 cm³/mol. The van der Waals surface area contributed by atoms with Gasteiger partial charge in [0.15, 0.2) is 0 Å². The summed E-state index contributed by atoms with van der Waals surface area (Å²) in [5, 5.41) is 2.93. The molecule has 1 N–H and O–H groups in total. The van der Waals surface area contributed by atoms with Crippen LogP contribution in [0.2, 0.25) is 0 Å². The van der Waals surface area contributed by atoms with Crippen LogP contribution in [0.15, 0.2) is 48.5 Å². The molecule has 144 valence electrons. The van der Waals surface area contributed by atoms with Crippen LogP contribution in [0.25, 0.3) is 0 Å². The van der Waals surface area contributed by atoms with Gasteiger partial charge in [-0.25, -0.2) is 0 Å². The van der Waals surface area contributed by atoms with Crippen LogP contribution in [0.3, 0.4) is 0 Å². The number of rotatable bonds is 4. The molecular weight excluding hydrogens is 354 g/mol. The number of hydrogen-bond acceptors (Lipinski definition) is 4. The number of nitrogens with one attached hydrogen (secondary N) is 1. The zero-order valence-corrected chi connectivity index (χ0v) is 15.9. The lowest BCUT2D eigenvalue weighted by Crippen LogP contribution is -2.45. The number of carbonyl (C=O) groups excluding carboxylic acids is 3. The molecule has 0 spiro atoms. The molecule has 0 aromatic heterocycles. The third kappa shape index (κ3) is 3.15. The second-order valence-electron chi connectivity index (χ2n) is 7.26. The molecule has 2 aromatic rings. The molecule has 1 atom stereocenters. The normalized spacial score (nSPS) is 17.5. The van der Waals surface area contributed by atoms with E-state index in [1.54, 1.807) is 31.2 Å². The maximum Gasteiger partial charge on any atom is 0.262 e. The topological polar surface area (TPSA) is 69.7 Å². The van der Waals surface area contributed by atoms with Crippen molar-refractivity contribution in [3.05, 3.63) is 59.7 Å². The molecule has 6 nitrogen and oxygen atoms in total. The lowest BCUT2D eigenvalue weighted by Gasteiger charge is -2.31. The number of fused-ring (bicyclic) bond motifs is 1. The van der Waals surface area contributed by atoms with Crippen LogP contribution in [0.4, 0.5) is 11.4 Å². The van der Waals surface area contributed by atoms with Crippen molar-refractivity contribution in [3.8, 4) is 0 Å². The van der Waals surface area contributed by atoms with Crippen molar-refractivity contribution in [2.45, 2.75) is 32.2 Å². The van der Waals surface area contributed by atoms with Gasteiger partial charge in [-0.3, -0.25) is 19.3 Å². The summed E-state index contributed by atoms with van der Waals surface area (Å²) < 4.78 is 0. The summed E-state index contributed by atoms with van der Waals surface area (Å²) in [6.07, 6.45) is 3.49. The zero-order valence-electron chi connectivity index (χ0n) is 15.9. The van der Waals surface area contributed by atoms with Gasteiger partial charge in [0.1, 0.15) is 6.04 Å². The molecular formula is C22H23N3O3. The van der Waals surface area contributed by atoms with Gasteiger partial charge in [-0.15, -0.1) is 0 Å². The quantitative estimate of drug-likeness (QED) is 0.830. The molecule has 0 radical (unpaired) electrons. The van der Waals surface area contributed by atoms with E-state index in [2.05, 4.69) is 10.2 Å². The van der Waals surface area contributed by atoms with E-state index in [-0.39, 0.29) is 5.91 Å². The fourth-order valence-corrected chi connectivity index (χ4v) is 3.90. The van der Waals surface area contributed by atoms with Crippen molar-refractivity contribution in [2.24, 2.45) is 0 Å². The first kappa shape index (κ1) is 18.2. The average molecular weight is 377 g/mol. The van der Waals surface area contributed by atoms with Gasteiger partial charge in [-0.1, -0.05) is 24.3 Å². The highest BCUT2D eigenvalue weighted by molar-refractivity contribution is 6.23. The highest BCUT2D eigenvalue weighted by Crippen LogP contribution is 2.29. The molecule has 4 rings (SSSR count). The molecule has 2 aliphatic heterocycles. The number of para-hydroxylation sites is 2. The lowest BCUT2D eigenvalue weighted by atomic mass is 10.1. The van der Waals surface area contributed by atoms with Crippen LogP contribution in [-0.2, 0) is 4.79 Å². The molecule has 3 amide bonds. The molecule has 1 unspecified atom stereocenters. The SMILES string of the molecule is CC(C(=O)Nc1ccccc1N1CCCCC1)N1C(=O)c2ccccc2C1=O. The van der Waals surface area contributed by atoms with Gasteiger partial charge in [0.2, 0.25) is 5.91 Å². The minimum atomic E-state index is -0.901. The van der Waals surface area contributed by atoms with Crippen molar-refractivity contribution in [2.75, 3.05) is 23.3 Å². The fourth-order valence-electron chi connectivity index (χ4n) is 3.90. The summed E-state index contributed by atoms with van der Waals surface area (Å²) in [4.78, 5) is 41.5. The van der Waals surface area contributed by atoms with E-state index in [1.165, 1.54) is 6.42 Å². The van der Waals surface area contributed by atoms with Crippen LogP contribution in [-0.4, -0.2) is 41.8 Å². The van der Waals surface area contributed by atoms with Gasteiger partial charge in [-0.2, -0.15) is 0 Å². The Labute approximate surface area is 164 Å². The Morgan fingerprint density at radius 2 is 1.46 bits per heavy atom. The summed E-state index contributed by atoms with van der Waals surface area (Å²) in [5.41, 5.74) is 2.38. The number of anilines is 2. The Kier molecular flexibility index (Phi) is 4.86. The van der Waals surface area contributed by atoms with Gasteiger partial charge < -0.3 is 10.2 Å². The van der Waals surface area contributed by atoms with Crippen LogP contribution in [0.5, 0.6) is 0 Å². The van der Waals surface area contributed by atoms with Crippen LogP contribution < -0.4 is 10.2 Å². The van der Waals surface area contributed by atoms with Crippen LogP contribution in [0.1, 0.15) is 46.9 Å². The number of piperidine rings is 1. The van der Waals surface area contributed by atoms with Gasteiger partial charge >= 0.3 is 0 Å². The summed E-state index contributed by atoms with van der Waals surface area (Å²) in [6.45, 7) is 3.50. The van der Waals surface area contributed by atoms with Crippen molar-refractivity contribution < 1.29 is 14.4 Å². The molecule has 6 heteroatoms. The number of carbonyl (C=O) groups is 3. The Hall–Kier alpha value is -3.15. The van der Waals surface area contributed by atoms with E-state index in [0.717, 1.165) is 36.5 Å². The van der Waals surface area contributed by atoms with E-state index < -0.39 is 17.9 Å². The number of imide groups is 1. The third-order valence-electron chi connectivity index (χ3n) is 5.45. The second-order valence-corrected chi connectivity index (χ2v) is 7.26. The molecule has 28 heavy (non-hydrogen) atoms. The average Bonchev–Trinajstić information content (AvgIpc) is 2.99. The summed E-state index contributed by atoms with van der Waals surface area (Å²) in [5.74, 6) is -1.22. The molecule has 2 aromatic carbocycles. The Bertz CT molecular complexity index is 899. The molecule has 0 aliphatic carbocycles. The summed E-state index contributed by atoms with van der Waals surface area (Å²) in [7, 11) is 0. The van der Waals surface area contributed by atoms with Gasteiger partial charge in [0.25, 0.3) is 11.8 Å². The molecule has 2 heterocycles. The highest BCUT2D eigenvalue weighted by atomic mass is 16.2. The Balaban J connectivity index is 1.54. The van der Waals surface area contributed by atoms with E-state index >= 15 is 0 Å². The van der Waals surface area contributed by atoms with E-state index in [0.29, 0.717) is 16.8 Å². The van der Waals surface area contributed by atoms with Crippen LogP contribution in [0, 0.1) is 0 Å². The molecule has 2 aliphatic rings. The zero-order chi connectivity index (χ0) is 19.7. The van der Waals surface area contributed by atoms with Gasteiger partial charge in [-0.05, 0) is 50.5 Å². The number of hydrogen-bond donors (Lipinski definition) is 1. The second kappa shape index (κ2) is 7.46. The van der Waals surface area contributed by atoms with E-state index in [4.69, 9.17) is 0 Å². The van der Waals surface area contributed by atoms with Crippen molar-refractivity contribution in [1.29, 1.82) is 0 Å². The van der Waals surface area contributed by atoms with Gasteiger partial charge in [0, 0.05) is 13.1 Å². The number of amides is 3. The maximum atomic E-state index is 12.9. The number of benzene rings is 2. The molecule has 1 fully saturated rings. The van der Waals surface area contributed by atoms with Crippen molar-refractivity contribution in [1.82, 2.24) is 4.90 Å². The Morgan fingerprint density at radius 3 is 2.11 bits per heavy atom. The van der Waals surface area contributed by atoms with Crippen molar-refractivity contribution in [3.63, 3.8) is 0 Å². The van der Waals surface area contributed by atoms with Crippen molar-refractivity contribution >= 4 is 29.1 Å². The number of nitrogens with zero attached hydrogens (tertiary/aromatic N) is 2. The molecule has 1 saturated heterocycles. The first-order valence-electron chi connectivity index (χ1n) is 9.69. The largest absolute Gasteiger partial charge is 0.370 e. The summed E-state index contributed by atoms with van der Waals surface area (Å²) in [6, 6.07) is 13.4. The predicted octanol–water partition coefficient (Wildman–Crippen LogP) is 3.30. The third-order valence-corrected chi connectivity index (χ3v) is 5.45. The first-order valence-corrected chi connectivity index (χ1v) is 9.69. The minimum absolute atomic E-state index is 0.348. The maximum absolute atomic E-state index is 12.9. The standard InChI is InChI=1S/C22H23N3O3/c1-15(25-21(27)16-9-3-4-10-17(16)22(25)28)20(26)23-18-11-5-6-12-19(18)24-13-7-2-8-14-24/h3-6,9-12,15H,2,7-8,13-14H2,1H3,(H,23,26). The first-order chi connectivity index (χ1) is 13.6. The van der Waals surface area contributed by atoms with Crippen LogP contribution >= 0.6 is 0 Å². The smallest absolute Gasteiger partial charge is 0.262 e. The monoisotopic (exact) mass is 377 g/mol. The molecule has 0 saturated carbocycles. The Morgan fingerprint density at radius 1 is 0.893 bits per heavy atom. The van der Waals surface area contributed by atoms with Gasteiger partial charge in [0.05, 0.1) is 22.5 Å². The van der Waals surface area contributed by atoms with E-state index in [1.807, 2.05) is 24.3 Å². The summed E-state index contributed by atoms with van der Waals surface area (Å²) >= 11 is 0. The fraction of sp³-hybridized carbons (Fsp3) is 0.318. The minimum Gasteiger partial charge on any atom is -0.370 e. The van der Waals surface area contributed by atoms with E-state index in [9.17, 15) is 14.4 Å².